The Hall–Kier alpha value is -4.52. The van der Waals surface area contributed by atoms with E-state index in [1.807, 2.05) is 18.2 Å². The van der Waals surface area contributed by atoms with Crippen molar-refractivity contribution in [2.75, 3.05) is 44.5 Å². The first-order valence-corrected chi connectivity index (χ1v) is 12.7. The molecule has 3 amide bonds. The number of nitrogens with one attached hydrogen (secondary N) is 1. The Morgan fingerprint density at radius 2 is 1.93 bits per heavy atom. The minimum absolute atomic E-state index is 0.0475. The third-order valence-electron chi connectivity index (χ3n) is 6.06. The molecule has 1 aromatic carbocycles. The minimum Gasteiger partial charge on any atom is -0.468 e. The number of rotatable bonds is 8. The number of piperazine rings is 1. The molecule has 40 heavy (non-hydrogen) atoms. The quantitative estimate of drug-likeness (QED) is 0.424. The second kappa shape index (κ2) is 12.1. The van der Waals surface area contributed by atoms with Crippen LogP contribution in [0.1, 0.15) is 26.3 Å². The number of pyridine rings is 1. The van der Waals surface area contributed by atoms with Crippen molar-refractivity contribution < 1.29 is 28.6 Å². The van der Waals surface area contributed by atoms with Crippen molar-refractivity contribution in [3.8, 4) is 5.88 Å². The van der Waals surface area contributed by atoms with Gasteiger partial charge in [0, 0.05) is 38.2 Å². The summed E-state index contributed by atoms with van der Waals surface area (Å²) in [4.78, 5) is 53.8. The first-order valence-electron chi connectivity index (χ1n) is 12.7. The molecule has 3 N–H and O–H groups in total. The number of hydrogen-bond acceptors (Lipinski definition) is 10. The average Bonchev–Trinajstić information content (AvgIpc) is 2.89. The lowest BCUT2D eigenvalue weighted by molar-refractivity contribution is -0.155. The molecule has 0 spiro atoms. The summed E-state index contributed by atoms with van der Waals surface area (Å²) >= 11 is 0. The molecule has 1 atom stereocenters. The number of ether oxygens (including phenoxy) is 3. The number of fused-ring (bicyclic) bond motifs is 1. The summed E-state index contributed by atoms with van der Waals surface area (Å²) in [5, 5.41) is 3.32. The Morgan fingerprint density at radius 3 is 2.62 bits per heavy atom. The lowest BCUT2D eigenvalue weighted by Gasteiger charge is -2.40. The van der Waals surface area contributed by atoms with Gasteiger partial charge in [-0.15, -0.1) is 0 Å². The molecule has 2 aromatic heterocycles. The SMILES string of the molecule is COC[C@H]1C(=O)N(Cc2ccc3c(N)ncnc3c2)CCN1C(=O)COc1ccc(NC(=O)OC(C)(C)C)cn1. The van der Waals surface area contributed by atoms with Crippen LogP contribution >= 0.6 is 0 Å². The Kier molecular flexibility index (Phi) is 8.63. The number of nitrogens with two attached hydrogens (primary N) is 1. The predicted molar refractivity (Wildman–Crippen MR) is 146 cm³/mol. The molecule has 0 saturated carbocycles. The number of nitrogen functional groups attached to an aromatic ring is 1. The molecule has 3 heterocycles. The number of nitrogens with zero attached hydrogens (tertiary/aromatic N) is 5. The lowest BCUT2D eigenvalue weighted by atomic mass is 10.1. The standard InChI is InChI=1S/C27H33N7O6/c1-27(2,3)40-26(37)32-18-6-8-22(29-12-18)39-15-23(35)34-10-9-33(25(36)21(34)14-38-4)13-17-5-7-19-20(11-17)30-16-31-24(19)28/h5-8,11-12,16,21H,9-10,13-15H2,1-4H3,(H,32,37)(H2,28,30,31)/t21-/m0/s1. The molecule has 1 saturated heterocycles. The first kappa shape index (κ1) is 28.5. The van der Waals surface area contributed by atoms with Gasteiger partial charge in [0.25, 0.3) is 5.91 Å². The highest BCUT2D eigenvalue weighted by molar-refractivity contribution is 5.90. The van der Waals surface area contributed by atoms with Gasteiger partial charge in [-0.05, 0) is 44.5 Å². The summed E-state index contributed by atoms with van der Waals surface area (Å²) in [6, 6.07) is 7.91. The number of benzene rings is 1. The van der Waals surface area contributed by atoms with Gasteiger partial charge in [0.15, 0.2) is 6.61 Å². The van der Waals surface area contributed by atoms with Gasteiger partial charge in [0.1, 0.15) is 23.8 Å². The van der Waals surface area contributed by atoms with E-state index in [0.717, 1.165) is 10.9 Å². The van der Waals surface area contributed by atoms with Crippen LogP contribution in [0.15, 0.2) is 42.9 Å². The van der Waals surface area contributed by atoms with Crippen molar-refractivity contribution in [3.63, 3.8) is 0 Å². The van der Waals surface area contributed by atoms with Crippen molar-refractivity contribution in [3.05, 3.63) is 48.4 Å². The molecule has 3 aromatic rings. The second-order valence-electron chi connectivity index (χ2n) is 10.2. The van der Waals surface area contributed by atoms with Crippen LogP contribution in [0.25, 0.3) is 10.9 Å². The van der Waals surface area contributed by atoms with E-state index in [1.54, 1.807) is 31.7 Å². The number of hydrogen-bond donors (Lipinski definition) is 2. The lowest BCUT2D eigenvalue weighted by Crippen LogP contribution is -2.60. The summed E-state index contributed by atoms with van der Waals surface area (Å²) in [6.07, 6.45) is 2.19. The number of methoxy groups -OCH3 is 1. The van der Waals surface area contributed by atoms with Gasteiger partial charge in [0.05, 0.1) is 24.0 Å². The van der Waals surface area contributed by atoms with Crippen LogP contribution in [-0.4, -0.2) is 87.7 Å². The van der Waals surface area contributed by atoms with E-state index < -0.39 is 17.7 Å². The summed E-state index contributed by atoms with van der Waals surface area (Å²) in [5.74, 6) is -0.00652. The van der Waals surface area contributed by atoms with E-state index in [1.165, 1.54) is 30.6 Å². The van der Waals surface area contributed by atoms with Crippen molar-refractivity contribution >= 4 is 40.3 Å². The van der Waals surface area contributed by atoms with E-state index in [-0.39, 0.29) is 30.9 Å². The molecule has 0 unspecified atom stereocenters. The molecular weight excluding hydrogens is 518 g/mol. The van der Waals surface area contributed by atoms with E-state index in [9.17, 15) is 14.4 Å². The molecule has 1 aliphatic heterocycles. The van der Waals surface area contributed by atoms with Crippen LogP contribution < -0.4 is 15.8 Å². The maximum Gasteiger partial charge on any atom is 0.412 e. The van der Waals surface area contributed by atoms with E-state index >= 15 is 0 Å². The van der Waals surface area contributed by atoms with Crippen molar-refractivity contribution in [1.82, 2.24) is 24.8 Å². The van der Waals surface area contributed by atoms with Crippen LogP contribution in [-0.2, 0) is 25.6 Å². The highest BCUT2D eigenvalue weighted by Gasteiger charge is 2.37. The monoisotopic (exact) mass is 551 g/mol. The van der Waals surface area contributed by atoms with Gasteiger partial charge in [-0.3, -0.25) is 14.9 Å². The highest BCUT2D eigenvalue weighted by atomic mass is 16.6. The summed E-state index contributed by atoms with van der Waals surface area (Å²) in [5.41, 5.74) is 7.27. The molecule has 1 aliphatic rings. The molecular formula is C27H33N7O6. The Morgan fingerprint density at radius 1 is 1.12 bits per heavy atom. The molecule has 212 valence electrons. The zero-order chi connectivity index (χ0) is 28.9. The predicted octanol–water partition coefficient (Wildman–Crippen LogP) is 2.22. The fourth-order valence-corrected chi connectivity index (χ4v) is 4.24. The molecule has 1 fully saturated rings. The van der Waals surface area contributed by atoms with Crippen LogP contribution in [0.2, 0.25) is 0 Å². The van der Waals surface area contributed by atoms with Crippen LogP contribution in [0, 0.1) is 0 Å². The third-order valence-corrected chi connectivity index (χ3v) is 6.06. The number of carbonyl (C=O) groups excluding carboxylic acids is 3. The zero-order valence-electron chi connectivity index (χ0n) is 22.9. The molecule has 13 nitrogen and oxygen atoms in total. The summed E-state index contributed by atoms with van der Waals surface area (Å²) in [7, 11) is 1.48. The topological polar surface area (TPSA) is 162 Å². The van der Waals surface area contributed by atoms with Gasteiger partial charge in [-0.1, -0.05) is 6.07 Å². The summed E-state index contributed by atoms with van der Waals surface area (Å²) in [6.45, 7) is 6.04. The van der Waals surface area contributed by atoms with Crippen molar-refractivity contribution in [1.29, 1.82) is 0 Å². The van der Waals surface area contributed by atoms with Crippen LogP contribution in [0.3, 0.4) is 0 Å². The fourth-order valence-electron chi connectivity index (χ4n) is 4.24. The molecule has 0 aliphatic carbocycles. The normalized spacial score (nSPS) is 15.7. The second-order valence-corrected chi connectivity index (χ2v) is 10.2. The number of carbonyl (C=O) groups is 3. The van der Waals surface area contributed by atoms with Gasteiger partial charge in [0.2, 0.25) is 11.8 Å². The van der Waals surface area contributed by atoms with Crippen molar-refractivity contribution in [2.24, 2.45) is 0 Å². The molecule has 0 bridgehead atoms. The largest absolute Gasteiger partial charge is 0.468 e. The van der Waals surface area contributed by atoms with Gasteiger partial charge in [-0.25, -0.2) is 19.7 Å². The van der Waals surface area contributed by atoms with E-state index in [0.29, 0.717) is 36.7 Å². The van der Waals surface area contributed by atoms with Gasteiger partial charge < -0.3 is 29.7 Å². The zero-order valence-corrected chi connectivity index (χ0v) is 22.9. The molecule has 4 rings (SSSR count). The number of aromatic nitrogens is 3. The van der Waals surface area contributed by atoms with Crippen LogP contribution in [0.5, 0.6) is 5.88 Å². The Labute approximate surface area is 231 Å². The minimum atomic E-state index is -0.790. The smallest absolute Gasteiger partial charge is 0.412 e. The summed E-state index contributed by atoms with van der Waals surface area (Å²) < 4.78 is 16.0. The maximum absolute atomic E-state index is 13.3. The average molecular weight is 552 g/mol. The Balaban J connectivity index is 1.34. The third kappa shape index (κ3) is 7.11. The fraction of sp³-hybridized carbons (Fsp3) is 0.407. The van der Waals surface area contributed by atoms with Crippen molar-refractivity contribution in [2.45, 2.75) is 39.0 Å². The first-order chi connectivity index (χ1) is 19.0. The Bertz CT molecular complexity index is 1380. The van der Waals surface area contributed by atoms with Gasteiger partial charge >= 0.3 is 6.09 Å². The van der Waals surface area contributed by atoms with Crippen LogP contribution in [0.4, 0.5) is 16.3 Å². The van der Waals surface area contributed by atoms with E-state index in [2.05, 4.69) is 20.3 Å². The van der Waals surface area contributed by atoms with Gasteiger partial charge in [-0.2, -0.15) is 0 Å². The number of anilines is 2. The molecule has 0 radical (unpaired) electrons. The van der Waals surface area contributed by atoms with E-state index in [4.69, 9.17) is 19.9 Å². The maximum atomic E-state index is 13.3. The molecule has 13 heteroatoms. The highest BCUT2D eigenvalue weighted by Crippen LogP contribution is 2.21. The number of amides is 3.